The molecule has 49 heavy (non-hydrogen) atoms. The predicted molar refractivity (Wildman–Crippen MR) is 170 cm³/mol. The van der Waals surface area contributed by atoms with Crippen molar-refractivity contribution < 1.29 is 64.2 Å². The smallest absolute Gasteiger partial charge is 0.187 e. The molecule has 3 fully saturated rings. The first-order valence-electron chi connectivity index (χ1n) is 16.8. The van der Waals surface area contributed by atoms with Gasteiger partial charge < -0.3 is 103 Å². The Morgan fingerprint density at radius 1 is 0.755 bits per heavy atom. The Bertz CT molecular complexity index is 1010. The molecular weight excluding hydrogens is 654 g/mol. The summed E-state index contributed by atoms with van der Waals surface area (Å²) in [6, 6.07) is -4.36. The quantitative estimate of drug-likeness (QED) is 0.0492. The highest BCUT2D eigenvalue weighted by Crippen LogP contribution is 2.34. The van der Waals surface area contributed by atoms with Gasteiger partial charge in [-0.1, -0.05) is 12.2 Å². The van der Waals surface area contributed by atoms with Crippen LogP contribution < -0.4 is 39.3 Å². The van der Waals surface area contributed by atoms with Gasteiger partial charge in [0.05, 0.1) is 50.2 Å². The molecule has 17 atom stereocenters. The Labute approximate surface area is 284 Å². The molecule has 3 aliphatic heterocycles. The molecule has 3 heterocycles. The highest BCUT2D eigenvalue weighted by Gasteiger charge is 2.54. The van der Waals surface area contributed by atoms with E-state index in [0.29, 0.717) is 19.6 Å². The number of aliphatic hydroxyl groups excluding tert-OH is 7. The van der Waals surface area contributed by atoms with Crippen molar-refractivity contribution in [1.29, 1.82) is 0 Å². The lowest BCUT2D eigenvalue weighted by molar-refractivity contribution is -0.284. The highest BCUT2D eigenvalue weighted by molar-refractivity contribution is 5.06. The number of aliphatic hydroxyl groups is 7. The largest absolute Gasteiger partial charge is 0.395 e. The van der Waals surface area contributed by atoms with Crippen LogP contribution in [-0.2, 0) is 28.4 Å². The number of ether oxygens (including phenoxy) is 6. The van der Waals surface area contributed by atoms with E-state index in [9.17, 15) is 35.7 Å². The summed E-state index contributed by atoms with van der Waals surface area (Å²) in [5, 5.41) is 79.3. The second-order valence-corrected chi connectivity index (χ2v) is 12.9. The van der Waals surface area contributed by atoms with E-state index in [1.54, 1.807) is 6.08 Å². The van der Waals surface area contributed by atoms with Crippen molar-refractivity contribution >= 4 is 0 Å². The summed E-state index contributed by atoms with van der Waals surface area (Å²) in [7, 11) is 0. The van der Waals surface area contributed by atoms with Crippen molar-refractivity contribution in [1.82, 2.24) is 10.6 Å². The average Bonchev–Trinajstić information content (AvgIpc) is 3.39. The van der Waals surface area contributed by atoms with Crippen molar-refractivity contribution in [2.24, 2.45) is 28.7 Å². The van der Waals surface area contributed by atoms with Gasteiger partial charge in [0.2, 0.25) is 0 Å². The summed E-state index contributed by atoms with van der Waals surface area (Å²) in [5.41, 5.74) is 30.2. The standard InChI is InChI=1S/C29H57N7O13/c30-4-1-5-35-8-13-2-3-14(32)27(44-13)47-24-15(33)6-16(36-12(9-37)10-38)20(40)26(24)49-29-23(43)25(18(11-39)46-29)48-28-19(34)22(42)21(41)17(7-31)45-28/h2-3,12-29,35-43H,1,4-11,30-34H2/t13-,14+,15-,16+,17-,18+,19+,20-,21+,22+,23+,24+,25+,26+,27+,28+,29-/m0/s1. The van der Waals surface area contributed by atoms with Gasteiger partial charge in [0.15, 0.2) is 18.9 Å². The molecule has 0 radical (unpaired) electrons. The topological polar surface area (TPSA) is 351 Å². The summed E-state index contributed by atoms with van der Waals surface area (Å²) in [5.74, 6) is 0. The van der Waals surface area contributed by atoms with E-state index in [1.165, 1.54) is 0 Å². The van der Waals surface area contributed by atoms with Crippen LogP contribution in [0.25, 0.3) is 0 Å². The predicted octanol–water partition coefficient (Wildman–Crippen LogP) is -8.10. The number of nitrogens with two attached hydrogens (primary N) is 5. The maximum Gasteiger partial charge on any atom is 0.187 e. The lowest BCUT2D eigenvalue weighted by Gasteiger charge is -2.46. The Kier molecular flexibility index (Phi) is 15.9. The Morgan fingerprint density at radius 3 is 2.08 bits per heavy atom. The number of rotatable bonds is 17. The molecule has 0 aromatic carbocycles. The van der Waals surface area contributed by atoms with E-state index in [4.69, 9.17) is 57.1 Å². The maximum absolute atomic E-state index is 11.6. The van der Waals surface area contributed by atoms with Crippen molar-refractivity contribution in [2.45, 2.75) is 123 Å². The molecule has 0 unspecified atom stereocenters. The summed E-state index contributed by atoms with van der Waals surface area (Å²) in [6.45, 7) is 0.0232. The number of hydrogen-bond acceptors (Lipinski definition) is 20. The van der Waals surface area contributed by atoms with Crippen LogP contribution in [0.5, 0.6) is 0 Å². The van der Waals surface area contributed by atoms with Crippen LogP contribution in [0.4, 0.5) is 0 Å². The summed E-state index contributed by atoms with van der Waals surface area (Å²) >= 11 is 0. The Hall–Kier alpha value is -1.06. The molecule has 1 saturated carbocycles. The van der Waals surface area contributed by atoms with Crippen molar-refractivity contribution in [2.75, 3.05) is 46.0 Å². The first kappa shape index (κ1) is 40.7. The molecule has 0 spiro atoms. The molecule has 4 aliphatic rings. The van der Waals surface area contributed by atoms with Gasteiger partial charge in [-0.3, -0.25) is 0 Å². The van der Waals surface area contributed by atoms with Gasteiger partial charge in [0, 0.05) is 25.2 Å². The van der Waals surface area contributed by atoms with Crippen molar-refractivity contribution in [3.63, 3.8) is 0 Å². The fourth-order valence-corrected chi connectivity index (χ4v) is 6.43. The molecule has 19 N–H and O–H groups in total. The molecule has 0 aromatic rings. The molecule has 4 rings (SSSR count). The molecule has 1 aliphatic carbocycles. The van der Waals surface area contributed by atoms with Crippen LogP contribution in [0.1, 0.15) is 12.8 Å². The fraction of sp³-hybridized carbons (Fsp3) is 0.931. The molecule has 0 bridgehead atoms. The SMILES string of the molecule is NCCCNC[C@@H]1C=C[C@@H](N)[C@@H](O[C@H]2[C@H](O[C@@H]3O[C@H](CO)[C@@H](O[C@H]4O[C@@H](CN)[C@@H](O)[C@H](O)[C@H]4N)[C@H]3O)[C@@H](O)[C@H](NC(CO)CO)C[C@@H]2N)O1. The molecule has 2 saturated heterocycles. The molecule has 0 aromatic heterocycles. The van der Waals surface area contributed by atoms with Gasteiger partial charge >= 0.3 is 0 Å². The third kappa shape index (κ3) is 9.88. The van der Waals surface area contributed by atoms with E-state index >= 15 is 0 Å². The fourth-order valence-electron chi connectivity index (χ4n) is 6.43. The monoisotopic (exact) mass is 711 g/mol. The lowest BCUT2D eigenvalue weighted by atomic mass is 9.83. The number of hydrogen-bond donors (Lipinski definition) is 14. The van der Waals surface area contributed by atoms with E-state index in [-0.39, 0.29) is 13.0 Å². The van der Waals surface area contributed by atoms with Gasteiger partial charge in [0.1, 0.15) is 48.8 Å². The molecular formula is C29H57N7O13. The van der Waals surface area contributed by atoms with Crippen LogP contribution in [-0.4, -0.2) is 192 Å². The Morgan fingerprint density at radius 2 is 1.43 bits per heavy atom. The van der Waals surface area contributed by atoms with Crippen LogP contribution in [0.15, 0.2) is 12.2 Å². The second kappa shape index (κ2) is 19.1. The van der Waals surface area contributed by atoms with Crippen LogP contribution >= 0.6 is 0 Å². The van der Waals surface area contributed by atoms with Gasteiger partial charge in [-0.25, -0.2) is 0 Å². The van der Waals surface area contributed by atoms with Gasteiger partial charge in [-0.15, -0.1) is 0 Å². The van der Waals surface area contributed by atoms with E-state index < -0.39 is 130 Å². The minimum Gasteiger partial charge on any atom is -0.395 e. The van der Waals surface area contributed by atoms with Crippen LogP contribution in [0, 0.1) is 0 Å². The normalized spacial score (nSPS) is 44.6. The summed E-state index contributed by atoms with van der Waals surface area (Å²) in [4.78, 5) is 0. The highest BCUT2D eigenvalue weighted by atomic mass is 16.8. The first-order valence-corrected chi connectivity index (χ1v) is 16.8. The third-order valence-electron chi connectivity index (χ3n) is 9.31. The molecule has 0 amide bonds. The van der Waals surface area contributed by atoms with E-state index in [0.717, 1.165) is 6.42 Å². The van der Waals surface area contributed by atoms with Crippen LogP contribution in [0.3, 0.4) is 0 Å². The summed E-state index contributed by atoms with van der Waals surface area (Å²) < 4.78 is 36.0. The van der Waals surface area contributed by atoms with Crippen LogP contribution in [0.2, 0.25) is 0 Å². The zero-order valence-electron chi connectivity index (χ0n) is 27.4. The van der Waals surface area contributed by atoms with E-state index in [1.807, 2.05) is 6.08 Å². The lowest BCUT2D eigenvalue weighted by Crippen LogP contribution is -2.67. The first-order chi connectivity index (χ1) is 23.5. The second-order valence-electron chi connectivity index (χ2n) is 12.9. The van der Waals surface area contributed by atoms with Crippen molar-refractivity contribution in [3.05, 3.63) is 12.2 Å². The third-order valence-corrected chi connectivity index (χ3v) is 9.31. The van der Waals surface area contributed by atoms with Gasteiger partial charge in [0.25, 0.3) is 0 Å². The summed E-state index contributed by atoms with van der Waals surface area (Å²) in [6.07, 6.45) is -11.6. The average molecular weight is 712 g/mol. The van der Waals surface area contributed by atoms with E-state index in [2.05, 4.69) is 10.6 Å². The molecule has 286 valence electrons. The zero-order valence-corrected chi connectivity index (χ0v) is 27.4. The molecule has 20 nitrogen and oxygen atoms in total. The number of nitrogens with one attached hydrogen (secondary N) is 2. The van der Waals surface area contributed by atoms with Gasteiger partial charge in [-0.05, 0) is 25.9 Å². The maximum atomic E-state index is 11.6. The minimum absolute atomic E-state index is 0.122. The van der Waals surface area contributed by atoms with Crippen molar-refractivity contribution in [3.8, 4) is 0 Å². The minimum atomic E-state index is -1.60. The Balaban J connectivity index is 1.52. The molecule has 20 heteroatoms. The zero-order chi connectivity index (χ0) is 35.8. The van der Waals surface area contributed by atoms with Gasteiger partial charge in [-0.2, -0.15) is 0 Å².